The van der Waals surface area contributed by atoms with E-state index in [4.69, 9.17) is 0 Å². The summed E-state index contributed by atoms with van der Waals surface area (Å²) in [7, 11) is 0. The van der Waals surface area contributed by atoms with Crippen LogP contribution in [-0.2, 0) is 9.59 Å². The summed E-state index contributed by atoms with van der Waals surface area (Å²) in [5.41, 5.74) is 2.78. The zero-order chi connectivity index (χ0) is 19.2. The average Bonchev–Trinajstić information content (AvgIpc) is 2.64. The SMILES string of the molecule is Cc1ccc(NC(=O)CN2CCC(C(=O)Nc3cccc(Br)c3)CC2)cc1. The van der Waals surface area contributed by atoms with Crippen molar-refractivity contribution >= 4 is 39.1 Å². The van der Waals surface area contributed by atoms with Crippen molar-refractivity contribution in [2.45, 2.75) is 19.8 Å². The normalized spacial score (nSPS) is 15.3. The van der Waals surface area contributed by atoms with Gasteiger partial charge in [0.1, 0.15) is 0 Å². The number of amides is 2. The van der Waals surface area contributed by atoms with Gasteiger partial charge in [-0.2, -0.15) is 0 Å². The van der Waals surface area contributed by atoms with Crippen LogP contribution >= 0.6 is 15.9 Å². The fourth-order valence-electron chi connectivity index (χ4n) is 3.20. The van der Waals surface area contributed by atoms with Crippen LogP contribution in [0.5, 0.6) is 0 Å². The number of nitrogens with one attached hydrogen (secondary N) is 2. The third-order valence-corrected chi connectivity index (χ3v) is 5.25. The van der Waals surface area contributed by atoms with E-state index in [1.54, 1.807) is 0 Å². The number of nitrogens with zero attached hydrogens (tertiary/aromatic N) is 1. The summed E-state index contributed by atoms with van der Waals surface area (Å²) in [6.45, 7) is 3.87. The Balaban J connectivity index is 1.43. The molecule has 27 heavy (non-hydrogen) atoms. The summed E-state index contributed by atoms with van der Waals surface area (Å²) in [5.74, 6) is 0.0214. The minimum Gasteiger partial charge on any atom is -0.326 e. The van der Waals surface area contributed by atoms with Crippen molar-refractivity contribution in [2.75, 3.05) is 30.3 Å². The van der Waals surface area contributed by atoms with Crippen LogP contribution in [0, 0.1) is 12.8 Å². The molecule has 1 aliphatic heterocycles. The fourth-order valence-corrected chi connectivity index (χ4v) is 3.60. The molecule has 2 aromatic rings. The predicted molar refractivity (Wildman–Crippen MR) is 112 cm³/mol. The number of aryl methyl sites for hydroxylation is 1. The molecule has 0 spiro atoms. The van der Waals surface area contributed by atoms with Crippen molar-refractivity contribution < 1.29 is 9.59 Å². The van der Waals surface area contributed by atoms with Crippen LogP contribution in [0.15, 0.2) is 53.0 Å². The molecule has 0 aliphatic carbocycles. The van der Waals surface area contributed by atoms with Gasteiger partial charge in [-0.15, -0.1) is 0 Å². The maximum Gasteiger partial charge on any atom is 0.238 e. The largest absolute Gasteiger partial charge is 0.326 e. The van der Waals surface area contributed by atoms with Gasteiger partial charge in [-0.1, -0.05) is 39.7 Å². The van der Waals surface area contributed by atoms with Gasteiger partial charge in [-0.3, -0.25) is 14.5 Å². The van der Waals surface area contributed by atoms with Crippen LogP contribution in [0.1, 0.15) is 18.4 Å². The Labute approximate surface area is 168 Å². The zero-order valence-electron chi connectivity index (χ0n) is 15.4. The van der Waals surface area contributed by atoms with E-state index in [2.05, 4.69) is 31.5 Å². The molecule has 142 valence electrons. The molecule has 1 heterocycles. The molecule has 0 atom stereocenters. The molecule has 5 nitrogen and oxygen atoms in total. The van der Waals surface area contributed by atoms with E-state index in [1.165, 1.54) is 0 Å². The lowest BCUT2D eigenvalue weighted by Gasteiger charge is -2.30. The standard InChI is InChI=1S/C21H24BrN3O2/c1-15-5-7-18(8-6-15)23-20(26)14-25-11-9-16(10-12-25)21(27)24-19-4-2-3-17(22)13-19/h2-8,13,16H,9-12,14H2,1H3,(H,23,26)(H,24,27). The van der Waals surface area contributed by atoms with E-state index < -0.39 is 0 Å². The summed E-state index contributed by atoms with van der Waals surface area (Å²) >= 11 is 3.41. The summed E-state index contributed by atoms with van der Waals surface area (Å²) < 4.78 is 0.940. The van der Waals surface area contributed by atoms with Crippen LogP contribution in [0.3, 0.4) is 0 Å². The third kappa shape index (κ3) is 5.91. The monoisotopic (exact) mass is 429 g/mol. The Kier molecular flexibility index (Phi) is 6.63. The Morgan fingerprint density at radius 2 is 1.74 bits per heavy atom. The Hall–Kier alpha value is -2.18. The van der Waals surface area contributed by atoms with Crippen molar-refractivity contribution in [3.05, 3.63) is 58.6 Å². The molecule has 1 saturated heterocycles. The predicted octanol–water partition coefficient (Wildman–Crippen LogP) is 4.05. The minimum atomic E-state index is -0.0177. The molecule has 2 aromatic carbocycles. The van der Waals surface area contributed by atoms with E-state index in [-0.39, 0.29) is 17.7 Å². The van der Waals surface area contributed by atoms with Crippen molar-refractivity contribution in [1.29, 1.82) is 0 Å². The quantitative estimate of drug-likeness (QED) is 0.753. The fraction of sp³-hybridized carbons (Fsp3) is 0.333. The van der Waals surface area contributed by atoms with Crippen LogP contribution in [-0.4, -0.2) is 36.3 Å². The van der Waals surface area contributed by atoms with Crippen LogP contribution in [0.2, 0.25) is 0 Å². The van der Waals surface area contributed by atoms with E-state index in [0.29, 0.717) is 6.54 Å². The van der Waals surface area contributed by atoms with E-state index in [1.807, 2.05) is 55.5 Å². The molecule has 0 saturated carbocycles. The highest BCUT2D eigenvalue weighted by molar-refractivity contribution is 9.10. The highest BCUT2D eigenvalue weighted by atomic mass is 79.9. The Bertz CT molecular complexity index is 799. The van der Waals surface area contributed by atoms with Gasteiger partial charge in [0.15, 0.2) is 0 Å². The van der Waals surface area contributed by atoms with Crippen molar-refractivity contribution in [3.8, 4) is 0 Å². The second kappa shape index (κ2) is 9.15. The first-order valence-electron chi connectivity index (χ1n) is 9.15. The van der Waals surface area contributed by atoms with Gasteiger partial charge in [0.05, 0.1) is 6.54 Å². The van der Waals surface area contributed by atoms with E-state index in [0.717, 1.165) is 47.3 Å². The Morgan fingerprint density at radius 1 is 1.04 bits per heavy atom. The maximum absolute atomic E-state index is 12.5. The second-order valence-corrected chi connectivity index (χ2v) is 7.88. The molecule has 0 radical (unpaired) electrons. The van der Waals surface area contributed by atoms with Gasteiger partial charge in [-0.05, 0) is 63.2 Å². The molecule has 0 unspecified atom stereocenters. The first-order chi connectivity index (χ1) is 13.0. The van der Waals surface area contributed by atoms with Gasteiger partial charge in [0, 0.05) is 21.8 Å². The second-order valence-electron chi connectivity index (χ2n) is 6.96. The maximum atomic E-state index is 12.5. The summed E-state index contributed by atoms with van der Waals surface area (Å²) in [6, 6.07) is 15.4. The van der Waals surface area contributed by atoms with Crippen LogP contribution in [0.4, 0.5) is 11.4 Å². The summed E-state index contributed by atoms with van der Waals surface area (Å²) in [6.07, 6.45) is 1.52. The number of halogens is 1. The molecule has 6 heteroatoms. The summed E-state index contributed by atoms with van der Waals surface area (Å²) in [4.78, 5) is 26.8. The number of rotatable bonds is 5. The topological polar surface area (TPSA) is 61.4 Å². The number of benzene rings is 2. The van der Waals surface area contributed by atoms with Gasteiger partial charge in [0.25, 0.3) is 0 Å². The lowest BCUT2D eigenvalue weighted by atomic mass is 9.96. The number of hydrogen-bond acceptors (Lipinski definition) is 3. The zero-order valence-corrected chi connectivity index (χ0v) is 17.0. The van der Waals surface area contributed by atoms with Gasteiger partial charge < -0.3 is 10.6 Å². The molecule has 2 N–H and O–H groups in total. The number of piperidine rings is 1. The van der Waals surface area contributed by atoms with E-state index in [9.17, 15) is 9.59 Å². The lowest BCUT2D eigenvalue weighted by Crippen LogP contribution is -2.41. The molecular formula is C21H24BrN3O2. The van der Waals surface area contributed by atoms with Crippen molar-refractivity contribution in [3.63, 3.8) is 0 Å². The van der Waals surface area contributed by atoms with Crippen LogP contribution in [0.25, 0.3) is 0 Å². The molecule has 1 aliphatic rings. The van der Waals surface area contributed by atoms with Crippen molar-refractivity contribution in [2.24, 2.45) is 5.92 Å². The highest BCUT2D eigenvalue weighted by Crippen LogP contribution is 2.21. The average molecular weight is 430 g/mol. The molecule has 1 fully saturated rings. The van der Waals surface area contributed by atoms with E-state index >= 15 is 0 Å². The van der Waals surface area contributed by atoms with Gasteiger partial charge in [0.2, 0.25) is 11.8 Å². The first kappa shape index (κ1) is 19.6. The van der Waals surface area contributed by atoms with Crippen LogP contribution < -0.4 is 10.6 Å². The summed E-state index contributed by atoms with van der Waals surface area (Å²) in [5, 5.41) is 5.90. The molecular weight excluding hydrogens is 406 g/mol. The smallest absolute Gasteiger partial charge is 0.238 e. The number of carbonyl (C=O) groups is 2. The number of anilines is 2. The van der Waals surface area contributed by atoms with Gasteiger partial charge in [-0.25, -0.2) is 0 Å². The van der Waals surface area contributed by atoms with Crippen molar-refractivity contribution in [1.82, 2.24) is 4.90 Å². The third-order valence-electron chi connectivity index (χ3n) is 4.75. The first-order valence-corrected chi connectivity index (χ1v) is 9.94. The molecule has 2 amide bonds. The minimum absolute atomic E-state index is 0.0135. The van der Waals surface area contributed by atoms with Gasteiger partial charge >= 0.3 is 0 Å². The number of carbonyl (C=O) groups excluding carboxylic acids is 2. The number of likely N-dealkylation sites (tertiary alicyclic amines) is 1. The lowest BCUT2D eigenvalue weighted by molar-refractivity contribution is -0.121. The Morgan fingerprint density at radius 3 is 2.41 bits per heavy atom. The molecule has 3 rings (SSSR count). The number of hydrogen-bond donors (Lipinski definition) is 2. The highest BCUT2D eigenvalue weighted by Gasteiger charge is 2.26. The molecule has 0 bridgehead atoms. The molecule has 0 aromatic heterocycles.